The summed E-state index contributed by atoms with van der Waals surface area (Å²) < 4.78 is 11.3. The van der Waals surface area contributed by atoms with Crippen LogP contribution in [0.3, 0.4) is 0 Å². The highest BCUT2D eigenvalue weighted by Crippen LogP contribution is 2.30. The van der Waals surface area contributed by atoms with Crippen LogP contribution < -0.4 is 4.74 Å². The lowest BCUT2D eigenvalue weighted by Crippen LogP contribution is -2.00. The fourth-order valence-corrected chi connectivity index (χ4v) is 2.17. The quantitative estimate of drug-likeness (QED) is 0.789. The zero-order valence-corrected chi connectivity index (χ0v) is 12.2. The molecule has 0 saturated carbocycles. The van der Waals surface area contributed by atoms with Crippen LogP contribution in [0, 0.1) is 6.92 Å². The Morgan fingerprint density at radius 3 is 2.37 bits per heavy atom. The molecule has 19 heavy (non-hydrogen) atoms. The van der Waals surface area contributed by atoms with Crippen molar-refractivity contribution in [3.8, 4) is 11.5 Å². The third kappa shape index (κ3) is 3.35. The first kappa shape index (κ1) is 13.6. The molecule has 0 fully saturated rings. The largest absolute Gasteiger partial charge is 0.465 e. The predicted molar refractivity (Wildman–Crippen MR) is 76.7 cm³/mol. The van der Waals surface area contributed by atoms with E-state index in [4.69, 9.17) is 4.74 Å². The Morgan fingerprint density at radius 2 is 1.79 bits per heavy atom. The lowest BCUT2D eigenvalue weighted by atomic mass is 10.2. The maximum atomic E-state index is 11.3. The molecule has 2 aromatic carbocycles. The molecule has 0 aromatic heterocycles. The molecule has 0 atom stereocenters. The van der Waals surface area contributed by atoms with Crippen LogP contribution in [0.2, 0.25) is 0 Å². The highest BCUT2D eigenvalue weighted by molar-refractivity contribution is 9.10. The number of methoxy groups -OCH3 is 1. The van der Waals surface area contributed by atoms with Crippen molar-refractivity contribution in [1.82, 2.24) is 0 Å². The number of carbonyl (C=O) groups is 1. The molecule has 3 nitrogen and oxygen atoms in total. The molecular weight excluding hydrogens is 308 g/mol. The van der Waals surface area contributed by atoms with Gasteiger partial charge in [0.15, 0.2) is 0 Å². The number of carbonyl (C=O) groups excluding carboxylic acids is 1. The summed E-state index contributed by atoms with van der Waals surface area (Å²) in [5.41, 5.74) is 1.65. The van der Waals surface area contributed by atoms with E-state index >= 15 is 0 Å². The van der Waals surface area contributed by atoms with Crippen molar-refractivity contribution in [3.05, 3.63) is 58.1 Å². The van der Waals surface area contributed by atoms with Crippen LogP contribution >= 0.6 is 15.9 Å². The normalized spacial score (nSPS) is 10.1. The van der Waals surface area contributed by atoms with Crippen LogP contribution in [0.5, 0.6) is 11.5 Å². The summed E-state index contributed by atoms with van der Waals surface area (Å²) in [4.78, 5) is 11.3. The summed E-state index contributed by atoms with van der Waals surface area (Å²) in [6.07, 6.45) is 0. The van der Waals surface area contributed by atoms with E-state index in [2.05, 4.69) is 20.7 Å². The molecule has 0 unspecified atom stereocenters. The second-order valence-electron chi connectivity index (χ2n) is 4.05. The zero-order valence-electron chi connectivity index (χ0n) is 10.6. The number of halogens is 1. The lowest BCUT2D eigenvalue weighted by molar-refractivity contribution is 0.0600. The third-order valence-electron chi connectivity index (χ3n) is 2.59. The fourth-order valence-electron chi connectivity index (χ4n) is 1.59. The molecule has 0 aliphatic carbocycles. The van der Waals surface area contributed by atoms with Gasteiger partial charge in [-0.1, -0.05) is 6.07 Å². The van der Waals surface area contributed by atoms with Gasteiger partial charge in [0.2, 0.25) is 0 Å². The van der Waals surface area contributed by atoms with Crippen molar-refractivity contribution in [2.75, 3.05) is 7.11 Å². The minimum atomic E-state index is -0.358. The topological polar surface area (TPSA) is 35.5 Å². The van der Waals surface area contributed by atoms with E-state index in [0.717, 1.165) is 15.8 Å². The lowest BCUT2D eigenvalue weighted by Gasteiger charge is -2.08. The summed E-state index contributed by atoms with van der Waals surface area (Å²) >= 11 is 3.45. The number of hydrogen-bond donors (Lipinski definition) is 0. The van der Waals surface area contributed by atoms with Crippen LogP contribution in [0.25, 0.3) is 0 Å². The van der Waals surface area contributed by atoms with Gasteiger partial charge in [-0.3, -0.25) is 0 Å². The van der Waals surface area contributed by atoms with Gasteiger partial charge in [0.25, 0.3) is 0 Å². The van der Waals surface area contributed by atoms with E-state index in [1.165, 1.54) is 7.11 Å². The maximum absolute atomic E-state index is 11.3. The number of esters is 1. The van der Waals surface area contributed by atoms with E-state index < -0.39 is 0 Å². The second-order valence-corrected chi connectivity index (χ2v) is 4.91. The number of aryl methyl sites for hydroxylation is 1. The summed E-state index contributed by atoms with van der Waals surface area (Å²) in [6.45, 7) is 2.01. The minimum Gasteiger partial charge on any atom is -0.465 e. The Kier molecular flexibility index (Phi) is 4.22. The number of ether oxygens (including phenoxy) is 2. The van der Waals surface area contributed by atoms with Crippen molar-refractivity contribution >= 4 is 21.9 Å². The molecule has 0 aliphatic heterocycles. The standard InChI is InChI=1S/C15H13BrO3/c1-10-3-8-14(13(16)9-10)19-12-6-4-11(5-7-12)15(17)18-2/h3-9H,1-2H3. The number of rotatable bonds is 3. The Hall–Kier alpha value is -1.81. The van der Waals surface area contributed by atoms with Crippen LogP contribution in [0.1, 0.15) is 15.9 Å². The van der Waals surface area contributed by atoms with Crippen molar-refractivity contribution < 1.29 is 14.3 Å². The highest BCUT2D eigenvalue weighted by Gasteiger charge is 2.06. The molecule has 0 aliphatic rings. The number of benzene rings is 2. The Morgan fingerprint density at radius 1 is 1.11 bits per heavy atom. The monoisotopic (exact) mass is 320 g/mol. The van der Waals surface area contributed by atoms with Gasteiger partial charge in [0.1, 0.15) is 11.5 Å². The van der Waals surface area contributed by atoms with Gasteiger partial charge in [-0.05, 0) is 64.8 Å². The fraction of sp³-hybridized carbons (Fsp3) is 0.133. The van der Waals surface area contributed by atoms with Gasteiger partial charge in [0, 0.05) is 0 Å². The molecule has 0 amide bonds. The first-order valence-corrected chi connectivity index (χ1v) is 6.52. The Bertz CT molecular complexity index is 591. The molecule has 0 bridgehead atoms. The van der Waals surface area contributed by atoms with E-state index in [1.807, 2.05) is 25.1 Å². The molecule has 98 valence electrons. The van der Waals surface area contributed by atoms with E-state index in [-0.39, 0.29) is 5.97 Å². The molecule has 2 aromatic rings. The van der Waals surface area contributed by atoms with Crippen LogP contribution in [0.4, 0.5) is 0 Å². The minimum absolute atomic E-state index is 0.358. The summed E-state index contributed by atoms with van der Waals surface area (Å²) in [5.74, 6) is 1.04. The smallest absolute Gasteiger partial charge is 0.337 e. The molecule has 0 saturated heterocycles. The molecule has 0 N–H and O–H groups in total. The van der Waals surface area contributed by atoms with E-state index in [0.29, 0.717) is 11.3 Å². The van der Waals surface area contributed by atoms with Crippen LogP contribution in [0.15, 0.2) is 46.9 Å². The van der Waals surface area contributed by atoms with E-state index in [1.54, 1.807) is 24.3 Å². The van der Waals surface area contributed by atoms with Gasteiger partial charge < -0.3 is 9.47 Å². The first-order chi connectivity index (χ1) is 9.10. The third-order valence-corrected chi connectivity index (χ3v) is 3.21. The average molecular weight is 321 g/mol. The number of hydrogen-bond acceptors (Lipinski definition) is 3. The average Bonchev–Trinajstić information content (AvgIpc) is 2.42. The van der Waals surface area contributed by atoms with Gasteiger partial charge in [0.05, 0.1) is 17.1 Å². The molecule has 2 rings (SSSR count). The Labute approximate surface area is 120 Å². The summed E-state index contributed by atoms with van der Waals surface area (Å²) in [7, 11) is 1.36. The molecular formula is C15H13BrO3. The second kappa shape index (κ2) is 5.89. The molecule has 4 heteroatoms. The van der Waals surface area contributed by atoms with Gasteiger partial charge in [-0.2, -0.15) is 0 Å². The van der Waals surface area contributed by atoms with Crippen molar-refractivity contribution in [1.29, 1.82) is 0 Å². The summed E-state index contributed by atoms with van der Waals surface area (Å²) in [6, 6.07) is 12.7. The van der Waals surface area contributed by atoms with Gasteiger partial charge in [-0.25, -0.2) is 4.79 Å². The van der Waals surface area contributed by atoms with Crippen molar-refractivity contribution in [3.63, 3.8) is 0 Å². The van der Waals surface area contributed by atoms with Gasteiger partial charge in [-0.15, -0.1) is 0 Å². The van der Waals surface area contributed by atoms with Crippen molar-refractivity contribution in [2.45, 2.75) is 6.92 Å². The molecule has 0 radical (unpaired) electrons. The van der Waals surface area contributed by atoms with E-state index in [9.17, 15) is 4.79 Å². The maximum Gasteiger partial charge on any atom is 0.337 e. The highest BCUT2D eigenvalue weighted by atomic mass is 79.9. The first-order valence-electron chi connectivity index (χ1n) is 5.72. The Balaban J connectivity index is 2.17. The molecule has 0 spiro atoms. The zero-order chi connectivity index (χ0) is 13.8. The molecule has 0 heterocycles. The van der Waals surface area contributed by atoms with Crippen LogP contribution in [-0.4, -0.2) is 13.1 Å². The SMILES string of the molecule is COC(=O)c1ccc(Oc2ccc(C)cc2Br)cc1. The predicted octanol–water partition coefficient (Wildman–Crippen LogP) is 4.34. The van der Waals surface area contributed by atoms with Crippen LogP contribution in [-0.2, 0) is 4.74 Å². The van der Waals surface area contributed by atoms with Gasteiger partial charge >= 0.3 is 5.97 Å². The van der Waals surface area contributed by atoms with Crippen molar-refractivity contribution in [2.24, 2.45) is 0 Å². The summed E-state index contributed by atoms with van der Waals surface area (Å²) in [5, 5.41) is 0.